The first-order valence-electron chi connectivity index (χ1n) is 6.67. The van der Waals surface area contributed by atoms with Crippen molar-refractivity contribution in [2.45, 2.75) is 6.10 Å². The third-order valence-electron chi connectivity index (χ3n) is 3.12. The first-order chi connectivity index (χ1) is 9.93. The van der Waals surface area contributed by atoms with Gasteiger partial charge in [-0.3, -0.25) is 4.84 Å². The molecule has 0 aliphatic carbocycles. The van der Waals surface area contributed by atoms with Gasteiger partial charge in [-0.05, 0) is 0 Å². The van der Waals surface area contributed by atoms with Gasteiger partial charge < -0.3 is 17.0 Å². The maximum absolute atomic E-state index is 6.10. The number of rotatable bonds is 4. The van der Waals surface area contributed by atoms with E-state index >= 15 is 0 Å². The van der Waals surface area contributed by atoms with Crippen LogP contribution in [0.5, 0.6) is 0 Å². The average molecular weight is 342 g/mol. The highest BCUT2D eigenvalue weighted by molar-refractivity contribution is 5.29. The summed E-state index contributed by atoms with van der Waals surface area (Å²) in [5.41, 5.74) is 2.27. The zero-order valence-electron chi connectivity index (χ0n) is 11.5. The van der Waals surface area contributed by atoms with Crippen LogP contribution in [-0.4, -0.2) is 0 Å². The Morgan fingerprint density at radius 2 is 1.05 bits per heavy atom. The highest BCUT2D eigenvalue weighted by Gasteiger charge is 2.20. The summed E-state index contributed by atoms with van der Waals surface area (Å²) in [5.74, 6) is 0. The Balaban J connectivity index is 0.00000161. The summed E-state index contributed by atoms with van der Waals surface area (Å²) in [4.78, 5) is 6.10. The van der Waals surface area contributed by atoms with Crippen LogP contribution in [0, 0.1) is 0 Å². The van der Waals surface area contributed by atoms with Gasteiger partial charge in [0.1, 0.15) is 0 Å². The standard InChI is InChI=1S/C18H16NO.BrH/c1-4-10-16(11-5-1)18(17-12-6-2-7-13-17)20-19-14-8-3-9-15-19;/h1-15,18H;1H/q+1;/p-1. The quantitative estimate of drug-likeness (QED) is 0.618. The second kappa shape index (κ2) is 7.60. The zero-order chi connectivity index (χ0) is 13.6. The summed E-state index contributed by atoms with van der Waals surface area (Å²) in [6.45, 7) is 0. The Morgan fingerprint density at radius 3 is 1.52 bits per heavy atom. The van der Waals surface area contributed by atoms with Gasteiger partial charge in [-0.1, -0.05) is 66.7 Å². The van der Waals surface area contributed by atoms with E-state index in [2.05, 4.69) is 24.3 Å². The number of benzene rings is 2. The lowest BCUT2D eigenvalue weighted by molar-refractivity contribution is -0.899. The van der Waals surface area contributed by atoms with Crippen molar-refractivity contribution in [2.24, 2.45) is 0 Å². The number of nitrogens with zero attached hydrogens (tertiary/aromatic N) is 1. The molecule has 0 aliphatic rings. The number of hydrogen-bond donors (Lipinski definition) is 0. The van der Waals surface area contributed by atoms with E-state index in [0.29, 0.717) is 0 Å². The Kier molecular flexibility index (Phi) is 5.52. The fourth-order valence-electron chi connectivity index (χ4n) is 2.14. The van der Waals surface area contributed by atoms with Crippen LogP contribution in [0.1, 0.15) is 17.2 Å². The van der Waals surface area contributed by atoms with Crippen LogP contribution in [0.25, 0.3) is 0 Å². The van der Waals surface area contributed by atoms with Crippen molar-refractivity contribution >= 4 is 0 Å². The molecule has 3 aromatic rings. The molecule has 0 bridgehead atoms. The van der Waals surface area contributed by atoms with Crippen LogP contribution in [0.2, 0.25) is 0 Å². The van der Waals surface area contributed by atoms with Gasteiger partial charge in [-0.2, -0.15) is 0 Å². The molecule has 0 saturated carbocycles. The smallest absolute Gasteiger partial charge is 0.222 e. The van der Waals surface area contributed by atoms with Gasteiger partial charge in [-0.15, -0.1) is 0 Å². The number of hydrogen-bond acceptors (Lipinski definition) is 1. The second-order valence-corrected chi connectivity index (χ2v) is 4.54. The van der Waals surface area contributed by atoms with E-state index in [1.165, 1.54) is 0 Å². The molecule has 0 spiro atoms. The Bertz CT molecular complexity index is 604. The minimum Gasteiger partial charge on any atom is -1.00 e. The highest BCUT2D eigenvalue weighted by Crippen LogP contribution is 2.22. The van der Waals surface area contributed by atoms with Crippen molar-refractivity contribution in [3.05, 3.63) is 102 Å². The largest absolute Gasteiger partial charge is 1.00 e. The summed E-state index contributed by atoms with van der Waals surface area (Å²) in [5, 5.41) is 0. The molecular formula is C18H16BrNO. The molecule has 0 N–H and O–H groups in total. The highest BCUT2D eigenvalue weighted by atomic mass is 79.9. The van der Waals surface area contributed by atoms with Crippen molar-refractivity contribution in [3.8, 4) is 0 Å². The zero-order valence-corrected chi connectivity index (χ0v) is 13.1. The maximum atomic E-state index is 6.10. The molecular weight excluding hydrogens is 326 g/mol. The fourth-order valence-corrected chi connectivity index (χ4v) is 2.14. The SMILES string of the molecule is [Br-].c1ccc(C(O[n+]2ccccc2)c2ccccc2)cc1. The predicted molar refractivity (Wildman–Crippen MR) is 77.9 cm³/mol. The molecule has 3 rings (SSSR count). The van der Waals surface area contributed by atoms with Crippen molar-refractivity contribution in [1.29, 1.82) is 0 Å². The number of aromatic nitrogens is 1. The van der Waals surface area contributed by atoms with Crippen molar-refractivity contribution in [1.82, 2.24) is 0 Å². The third kappa shape index (κ3) is 3.92. The van der Waals surface area contributed by atoms with Gasteiger partial charge in [0, 0.05) is 28.0 Å². The van der Waals surface area contributed by atoms with Gasteiger partial charge in [0.05, 0.1) is 0 Å². The van der Waals surface area contributed by atoms with E-state index in [0.717, 1.165) is 11.1 Å². The normalized spacial score (nSPS) is 9.95. The molecule has 0 radical (unpaired) electrons. The van der Waals surface area contributed by atoms with Crippen LogP contribution in [-0.2, 0) is 0 Å². The third-order valence-corrected chi connectivity index (χ3v) is 3.12. The molecule has 0 aliphatic heterocycles. The second-order valence-electron chi connectivity index (χ2n) is 4.54. The van der Waals surface area contributed by atoms with E-state index in [-0.39, 0.29) is 23.1 Å². The van der Waals surface area contributed by atoms with Crippen LogP contribution in [0.4, 0.5) is 0 Å². The van der Waals surface area contributed by atoms with Crippen LogP contribution < -0.4 is 26.5 Å². The minimum atomic E-state index is -0.121. The van der Waals surface area contributed by atoms with Crippen LogP contribution in [0.15, 0.2) is 91.3 Å². The number of pyridine rings is 1. The monoisotopic (exact) mass is 341 g/mol. The lowest BCUT2D eigenvalue weighted by Gasteiger charge is -2.14. The molecule has 0 atom stereocenters. The van der Waals surface area contributed by atoms with Gasteiger partial charge in [0.2, 0.25) is 18.5 Å². The Hall–Kier alpha value is -2.13. The first-order valence-corrected chi connectivity index (χ1v) is 6.67. The van der Waals surface area contributed by atoms with E-state index in [9.17, 15) is 0 Å². The molecule has 106 valence electrons. The lowest BCUT2D eigenvalue weighted by atomic mass is 10.0. The summed E-state index contributed by atoms with van der Waals surface area (Å²) >= 11 is 0. The van der Waals surface area contributed by atoms with Crippen LogP contribution >= 0.6 is 0 Å². The van der Waals surface area contributed by atoms with Gasteiger partial charge in [0.15, 0.2) is 0 Å². The number of halogens is 1. The maximum Gasteiger partial charge on any atom is 0.222 e. The van der Waals surface area contributed by atoms with E-state index in [1.54, 1.807) is 4.73 Å². The van der Waals surface area contributed by atoms with Crippen molar-refractivity contribution in [2.75, 3.05) is 0 Å². The molecule has 0 saturated heterocycles. The molecule has 0 unspecified atom stereocenters. The molecule has 1 aromatic heterocycles. The van der Waals surface area contributed by atoms with Crippen LogP contribution in [0.3, 0.4) is 0 Å². The summed E-state index contributed by atoms with van der Waals surface area (Å²) in [7, 11) is 0. The topological polar surface area (TPSA) is 13.1 Å². The Labute approximate surface area is 135 Å². The molecule has 0 amide bonds. The molecule has 1 heterocycles. The average Bonchev–Trinajstić information content (AvgIpc) is 2.55. The van der Waals surface area contributed by atoms with Crippen molar-refractivity contribution < 1.29 is 26.5 Å². The van der Waals surface area contributed by atoms with E-state index in [4.69, 9.17) is 4.84 Å². The summed E-state index contributed by atoms with van der Waals surface area (Å²) in [6, 6.07) is 26.4. The molecule has 0 fully saturated rings. The summed E-state index contributed by atoms with van der Waals surface area (Å²) in [6.07, 6.45) is 3.68. The van der Waals surface area contributed by atoms with Gasteiger partial charge >= 0.3 is 0 Å². The lowest BCUT2D eigenvalue weighted by Crippen LogP contribution is -3.00. The molecule has 2 nitrogen and oxygen atoms in total. The minimum absolute atomic E-state index is 0. The molecule has 21 heavy (non-hydrogen) atoms. The van der Waals surface area contributed by atoms with Gasteiger partial charge in [-0.25, -0.2) is 0 Å². The first kappa shape index (κ1) is 15.3. The fraction of sp³-hybridized carbons (Fsp3) is 0.0556. The molecule has 2 aromatic carbocycles. The molecule has 3 heteroatoms. The van der Waals surface area contributed by atoms with E-state index < -0.39 is 0 Å². The van der Waals surface area contributed by atoms with E-state index in [1.807, 2.05) is 67.0 Å². The Morgan fingerprint density at radius 1 is 0.619 bits per heavy atom. The predicted octanol–water partition coefficient (Wildman–Crippen LogP) is 0.196. The van der Waals surface area contributed by atoms with Crippen molar-refractivity contribution in [3.63, 3.8) is 0 Å². The summed E-state index contributed by atoms with van der Waals surface area (Å²) < 4.78 is 1.74. The van der Waals surface area contributed by atoms with Gasteiger partial charge in [0.25, 0.3) is 0 Å².